The maximum atomic E-state index is 13.0. The zero-order valence-corrected chi connectivity index (χ0v) is 14.1. The highest BCUT2D eigenvalue weighted by atomic mass is 19.1. The van der Waals surface area contributed by atoms with Crippen LogP contribution in [0.2, 0.25) is 0 Å². The molecule has 0 bridgehead atoms. The van der Waals surface area contributed by atoms with Crippen LogP contribution in [0, 0.1) is 19.7 Å². The number of benzene rings is 2. The van der Waals surface area contributed by atoms with Gasteiger partial charge in [0.2, 0.25) is 5.91 Å². The van der Waals surface area contributed by atoms with Crippen molar-refractivity contribution in [3.8, 4) is 0 Å². The predicted molar refractivity (Wildman–Crippen MR) is 92.3 cm³/mol. The fourth-order valence-electron chi connectivity index (χ4n) is 2.72. The molecule has 1 amide bonds. The van der Waals surface area contributed by atoms with Crippen LogP contribution >= 0.6 is 0 Å². The molecular weight excluding hydrogens is 305 g/mol. The van der Waals surface area contributed by atoms with Gasteiger partial charge in [-0.3, -0.25) is 4.79 Å². The Morgan fingerprint density at radius 1 is 1.12 bits per heavy atom. The van der Waals surface area contributed by atoms with Crippen LogP contribution in [0.1, 0.15) is 22.3 Å². The minimum Gasteiger partial charge on any atom is -0.464 e. The molecule has 3 rings (SSSR count). The summed E-state index contributed by atoms with van der Waals surface area (Å²) < 4.78 is 18.5. The maximum absolute atomic E-state index is 13.0. The minimum atomic E-state index is -0.275. The summed E-state index contributed by atoms with van der Waals surface area (Å²) >= 11 is 0. The molecule has 0 N–H and O–H groups in total. The Morgan fingerprint density at radius 3 is 2.50 bits per heavy atom. The average Bonchev–Trinajstić information content (AvgIpc) is 2.92. The van der Waals surface area contributed by atoms with E-state index in [-0.39, 0.29) is 18.1 Å². The summed E-state index contributed by atoms with van der Waals surface area (Å²) in [4.78, 5) is 14.1. The topological polar surface area (TPSA) is 33.5 Å². The van der Waals surface area contributed by atoms with Crippen LogP contribution in [0.15, 0.2) is 47.1 Å². The third-order valence-electron chi connectivity index (χ3n) is 4.37. The van der Waals surface area contributed by atoms with Crippen LogP contribution in [-0.4, -0.2) is 17.9 Å². The highest BCUT2D eigenvalue weighted by Gasteiger charge is 2.15. The molecule has 3 aromatic rings. The first-order chi connectivity index (χ1) is 11.4. The molecule has 0 unspecified atom stereocenters. The first-order valence-electron chi connectivity index (χ1n) is 7.90. The second-order valence-corrected chi connectivity index (χ2v) is 6.25. The van der Waals surface area contributed by atoms with Crippen molar-refractivity contribution in [3.05, 3.63) is 70.7 Å². The molecule has 4 heteroatoms. The van der Waals surface area contributed by atoms with Crippen molar-refractivity contribution in [2.45, 2.75) is 26.8 Å². The van der Waals surface area contributed by atoms with Gasteiger partial charge in [-0.25, -0.2) is 4.39 Å². The number of furan rings is 1. The Morgan fingerprint density at radius 2 is 1.79 bits per heavy atom. The van der Waals surface area contributed by atoms with E-state index in [1.54, 1.807) is 30.3 Å². The Hall–Kier alpha value is -2.62. The quantitative estimate of drug-likeness (QED) is 0.713. The lowest BCUT2D eigenvalue weighted by Crippen LogP contribution is -2.27. The number of likely N-dealkylation sites (N-methyl/N-ethyl adjacent to an activating group) is 1. The molecule has 0 saturated heterocycles. The third-order valence-corrected chi connectivity index (χ3v) is 4.37. The number of fused-ring (bicyclic) bond motifs is 1. The molecule has 0 aliphatic heterocycles. The molecule has 3 nitrogen and oxygen atoms in total. The van der Waals surface area contributed by atoms with Crippen molar-refractivity contribution in [1.29, 1.82) is 0 Å². The van der Waals surface area contributed by atoms with Gasteiger partial charge in [-0.15, -0.1) is 0 Å². The summed E-state index contributed by atoms with van der Waals surface area (Å²) in [5.41, 5.74) is 4.95. The van der Waals surface area contributed by atoms with Gasteiger partial charge in [-0.1, -0.05) is 12.1 Å². The largest absolute Gasteiger partial charge is 0.464 e. The molecule has 0 atom stereocenters. The van der Waals surface area contributed by atoms with E-state index < -0.39 is 0 Å². The number of amides is 1. The molecular formula is C20H20FNO2. The lowest BCUT2D eigenvalue weighted by atomic mass is 10.0. The normalized spacial score (nSPS) is 11.0. The van der Waals surface area contributed by atoms with Gasteiger partial charge in [-0.2, -0.15) is 0 Å². The molecule has 0 aliphatic rings. The highest BCUT2D eigenvalue weighted by molar-refractivity contribution is 5.88. The highest BCUT2D eigenvalue weighted by Crippen LogP contribution is 2.25. The lowest BCUT2D eigenvalue weighted by Gasteiger charge is -2.17. The number of hydrogen-bond donors (Lipinski definition) is 0. The second-order valence-electron chi connectivity index (χ2n) is 6.25. The van der Waals surface area contributed by atoms with Crippen molar-refractivity contribution in [1.82, 2.24) is 4.90 Å². The van der Waals surface area contributed by atoms with Gasteiger partial charge in [0.1, 0.15) is 11.4 Å². The number of carbonyl (C=O) groups excluding carboxylic acids is 1. The number of nitrogens with zero attached hydrogens (tertiary/aromatic N) is 1. The number of aryl methyl sites for hydroxylation is 2. The van der Waals surface area contributed by atoms with E-state index >= 15 is 0 Å². The minimum absolute atomic E-state index is 0.000234. The van der Waals surface area contributed by atoms with Crippen LogP contribution in [-0.2, 0) is 17.8 Å². The summed E-state index contributed by atoms with van der Waals surface area (Å²) in [6, 6.07) is 10.3. The molecule has 2 aromatic carbocycles. The third kappa shape index (κ3) is 3.32. The first kappa shape index (κ1) is 16.2. The van der Waals surface area contributed by atoms with Crippen LogP contribution < -0.4 is 0 Å². The molecule has 24 heavy (non-hydrogen) atoms. The lowest BCUT2D eigenvalue weighted by molar-refractivity contribution is -0.129. The first-order valence-corrected chi connectivity index (χ1v) is 7.90. The monoisotopic (exact) mass is 325 g/mol. The Labute approximate surface area is 140 Å². The molecule has 124 valence electrons. The van der Waals surface area contributed by atoms with E-state index in [2.05, 4.69) is 6.07 Å². The van der Waals surface area contributed by atoms with Crippen molar-refractivity contribution in [2.24, 2.45) is 0 Å². The van der Waals surface area contributed by atoms with Gasteiger partial charge >= 0.3 is 0 Å². The molecule has 0 fully saturated rings. The number of carbonyl (C=O) groups is 1. The van der Waals surface area contributed by atoms with Gasteiger partial charge in [-0.05, 0) is 54.8 Å². The summed E-state index contributed by atoms with van der Waals surface area (Å²) in [5, 5.41) is 0.988. The Balaban J connectivity index is 1.74. The van der Waals surface area contributed by atoms with Crippen LogP contribution in [0.25, 0.3) is 11.0 Å². The predicted octanol–water partition coefficient (Wildman–Crippen LogP) is 4.39. The molecule has 0 spiro atoms. The van der Waals surface area contributed by atoms with Gasteiger partial charge < -0.3 is 9.32 Å². The van der Waals surface area contributed by atoms with Crippen molar-refractivity contribution < 1.29 is 13.6 Å². The van der Waals surface area contributed by atoms with Gasteiger partial charge in [0, 0.05) is 24.5 Å². The standard InChI is InChI=1S/C20H20FNO2/c1-13-8-18-16(12-24-19(18)9-14(13)2)10-20(23)22(3)11-15-4-6-17(21)7-5-15/h4-9,12H,10-11H2,1-3H3. The van der Waals surface area contributed by atoms with Gasteiger partial charge in [0.25, 0.3) is 0 Å². The zero-order chi connectivity index (χ0) is 17.3. The summed E-state index contributed by atoms with van der Waals surface area (Å²) in [7, 11) is 1.75. The summed E-state index contributed by atoms with van der Waals surface area (Å²) in [6.45, 7) is 4.54. The second kappa shape index (κ2) is 6.48. The number of halogens is 1. The number of rotatable bonds is 4. The Bertz CT molecular complexity index is 881. The molecule has 0 aliphatic carbocycles. The van der Waals surface area contributed by atoms with Crippen LogP contribution in [0.4, 0.5) is 4.39 Å². The van der Waals surface area contributed by atoms with E-state index in [0.717, 1.165) is 22.1 Å². The SMILES string of the molecule is Cc1cc2occ(CC(=O)N(C)Cc3ccc(F)cc3)c2cc1C. The van der Waals surface area contributed by atoms with E-state index in [4.69, 9.17) is 4.42 Å². The van der Waals surface area contributed by atoms with Gasteiger partial charge in [0.05, 0.1) is 12.7 Å². The van der Waals surface area contributed by atoms with E-state index in [1.165, 1.54) is 23.3 Å². The van der Waals surface area contributed by atoms with Crippen molar-refractivity contribution in [3.63, 3.8) is 0 Å². The zero-order valence-electron chi connectivity index (χ0n) is 14.1. The van der Waals surface area contributed by atoms with Crippen molar-refractivity contribution >= 4 is 16.9 Å². The van der Waals surface area contributed by atoms with E-state index in [0.29, 0.717) is 6.54 Å². The molecule has 1 heterocycles. The van der Waals surface area contributed by atoms with Crippen LogP contribution in [0.5, 0.6) is 0 Å². The number of hydrogen-bond acceptors (Lipinski definition) is 2. The average molecular weight is 325 g/mol. The van der Waals surface area contributed by atoms with E-state index in [1.807, 2.05) is 19.9 Å². The molecule has 1 aromatic heterocycles. The Kier molecular flexibility index (Phi) is 4.38. The van der Waals surface area contributed by atoms with Crippen LogP contribution in [0.3, 0.4) is 0 Å². The fourth-order valence-corrected chi connectivity index (χ4v) is 2.72. The maximum Gasteiger partial charge on any atom is 0.227 e. The van der Waals surface area contributed by atoms with E-state index in [9.17, 15) is 9.18 Å². The van der Waals surface area contributed by atoms with Crippen molar-refractivity contribution in [2.75, 3.05) is 7.05 Å². The smallest absolute Gasteiger partial charge is 0.227 e. The summed E-state index contributed by atoms with van der Waals surface area (Å²) in [5.74, 6) is -0.275. The summed E-state index contributed by atoms with van der Waals surface area (Å²) in [6.07, 6.45) is 1.94. The fraction of sp³-hybridized carbons (Fsp3) is 0.250. The van der Waals surface area contributed by atoms with Gasteiger partial charge in [0.15, 0.2) is 0 Å². The molecule has 0 saturated carbocycles. The molecule has 0 radical (unpaired) electrons.